The summed E-state index contributed by atoms with van der Waals surface area (Å²) in [5.41, 5.74) is 6.87. The van der Waals surface area contributed by atoms with E-state index < -0.39 is 35.7 Å². The van der Waals surface area contributed by atoms with Crippen LogP contribution in [0.3, 0.4) is 0 Å². The molecule has 2 aliphatic heterocycles. The van der Waals surface area contributed by atoms with Gasteiger partial charge >= 0.3 is 12.1 Å². The maximum Gasteiger partial charge on any atom is 0.511 e. The number of thioether (sulfide) groups is 2. The number of rotatable bonds is 13. The van der Waals surface area contributed by atoms with Crippen LogP contribution < -0.4 is 11.1 Å². The van der Waals surface area contributed by atoms with Gasteiger partial charge in [-0.2, -0.15) is 0 Å². The Labute approximate surface area is 297 Å². The molecule has 1 saturated heterocycles. The van der Waals surface area contributed by atoms with Crippen LogP contribution in [0.5, 0.6) is 0 Å². The van der Waals surface area contributed by atoms with Crippen molar-refractivity contribution >= 4 is 63.9 Å². The molecule has 16 nitrogen and oxygen atoms in total. The SMILES string of the molecule is CC1CC(OC(=O)OC(C)OC(=O)C2=C(CSc3nnnn3CCN(C)C)CS[C@H]3[C@H](NC(=O)Cc4csc(N)n4)C(=O)N23)CC(C)(C)C1. The Kier molecular flexibility index (Phi) is 11.8. The molecule has 2 amide bonds. The molecule has 1 aliphatic carbocycles. The summed E-state index contributed by atoms with van der Waals surface area (Å²) in [6.45, 7) is 9.11. The summed E-state index contributed by atoms with van der Waals surface area (Å²) in [6.07, 6.45) is -0.0818. The second-order valence-electron chi connectivity index (χ2n) is 13.5. The first-order chi connectivity index (χ1) is 23.2. The highest BCUT2D eigenvalue weighted by molar-refractivity contribution is 8.01. The number of nitrogens with two attached hydrogens (primary N) is 1. The molecule has 3 N–H and O–H groups in total. The highest BCUT2D eigenvalue weighted by Gasteiger charge is 2.54. The number of likely N-dealkylation sites (N-methyl/N-ethyl adjacent to an activating group) is 1. The van der Waals surface area contributed by atoms with Crippen molar-refractivity contribution in [3.8, 4) is 0 Å². The van der Waals surface area contributed by atoms with Crippen molar-refractivity contribution < 1.29 is 33.4 Å². The van der Waals surface area contributed by atoms with Crippen LogP contribution in [-0.4, -0.2) is 115 Å². The van der Waals surface area contributed by atoms with Crippen LogP contribution in [0.1, 0.15) is 52.7 Å². The Morgan fingerprint density at radius 3 is 2.71 bits per heavy atom. The number of β-lactam (4-membered cyclic amide) rings is 1. The molecule has 49 heavy (non-hydrogen) atoms. The van der Waals surface area contributed by atoms with Gasteiger partial charge in [0.05, 0.1) is 18.7 Å². The quantitative estimate of drug-likeness (QED) is 0.132. The van der Waals surface area contributed by atoms with Gasteiger partial charge in [0.2, 0.25) is 17.4 Å². The number of thiazole rings is 1. The van der Waals surface area contributed by atoms with Crippen molar-refractivity contribution in [3.05, 3.63) is 22.3 Å². The lowest BCUT2D eigenvalue weighted by molar-refractivity contribution is -0.170. The summed E-state index contributed by atoms with van der Waals surface area (Å²) in [7, 11) is 3.90. The number of aromatic nitrogens is 5. The van der Waals surface area contributed by atoms with E-state index in [9.17, 15) is 19.2 Å². The summed E-state index contributed by atoms with van der Waals surface area (Å²) in [4.78, 5) is 60.2. The third-order valence-corrected chi connectivity index (χ3v) is 11.4. The lowest BCUT2D eigenvalue weighted by Crippen LogP contribution is -2.70. The minimum atomic E-state index is -1.29. The molecular weight excluding hydrogens is 695 g/mol. The fraction of sp³-hybridized carbons (Fsp3) is 0.667. The van der Waals surface area contributed by atoms with Crippen LogP contribution in [0.4, 0.5) is 9.93 Å². The number of carbonyl (C=O) groups is 4. The first-order valence-electron chi connectivity index (χ1n) is 16.0. The van der Waals surface area contributed by atoms with Gasteiger partial charge in [0.1, 0.15) is 23.2 Å². The highest BCUT2D eigenvalue weighted by atomic mass is 32.2. The van der Waals surface area contributed by atoms with Gasteiger partial charge in [-0.1, -0.05) is 32.5 Å². The van der Waals surface area contributed by atoms with E-state index in [1.807, 2.05) is 19.0 Å². The van der Waals surface area contributed by atoms with Crippen LogP contribution in [0.25, 0.3) is 0 Å². The summed E-state index contributed by atoms with van der Waals surface area (Å²) in [5, 5.41) is 16.8. The molecule has 0 bridgehead atoms. The number of tetrazole rings is 1. The van der Waals surface area contributed by atoms with Gasteiger partial charge in [-0.3, -0.25) is 14.5 Å². The lowest BCUT2D eigenvalue weighted by atomic mass is 9.71. The number of hydrogen-bond acceptors (Lipinski definition) is 16. The molecule has 0 spiro atoms. The van der Waals surface area contributed by atoms with E-state index >= 15 is 0 Å². The van der Waals surface area contributed by atoms with Crippen molar-refractivity contribution in [3.63, 3.8) is 0 Å². The summed E-state index contributed by atoms with van der Waals surface area (Å²) in [5.74, 6) is -0.645. The predicted octanol–water partition coefficient (Wildman–Crippen LogP) is 2.52. The van der Waals surface area contributed by atoms with Crippen LogP contribution in [0.2, 0.25) is 0 Å². The number of ether oxygens (including phenoxy) is 3. The van der Waals surface area contributed by atoms with Crippen molar-refractivity contribution in [1.82, 2.24) is 40.3 Å². The number of amides is 2. The number of nitrogens with zero attached hydrogens (tertiary/aromatic N) is 7. The molecule has 5 atom stereocenters. The third kappa shape index (κ3) is 9.43. The molecule has 1 saturated carbocycles. The molecule has 2 aromatic rings. The number of hydrogen-bond donors (Lipinski definition) is 2. The lowest BCUT2D eigenvalue weighted by Gasteiger charge is -2.49. The third-order valence-electron chi connectivity index (χ3n) is 8.25. The molecule has 268 valence electrons. The Bertz CT molecular complexity index is 1580. The zero-order valence-corrected chi connectivity index (χ0v) is 30.9. The minimum Gasteiger partial charge on any atom is -0.431 e. The summed E-state index contributed by atoms with van der Waals surface area (Å²) >= 11 is 3.97. The average Bonchev–Trinajstić information content (AvgIpc) is 3.63. The van der Waals surface area contributed by atoms with Crippen LogP contribution in [0, 0.1) is 11.3 Å². The molecule has 5 rings (SSSR count). The second-order valence-corrected chi connectivity index (χ2v) is 16.5. The topological polar surface area (TPSA) is 197 Å². The smallest absolute Gasteiger partial charge is 0.431 e. The molecule has 0 aromatic carbocycles. The van der Waals surface area contributed by atoms with Crippen LogP contribution >= 0.6 is 34.9 Å². The first kappa shape index (κ1) is 36.9. The van der Waals surface area contributed by atoms with Gasteiger partial charge in [-0.05, 0) is 60.7 Å². The maximum atomic E-state index is 13.8. The van der Waals surface area contributed by atoms with Gasteiger partial charge in [-0.25, -0.2) is 19.3 Å². The van der Waals surface area contributed by atoms with Gasteiger partial charge in [0, 0.05) is 30.4 Å². The molecule has 0 radical (unpaired) electrons. The number of esters is 1. The number of nitrogen functional groups attached to an aromatic ring is 1. The van der Waals surface area contributed by atoms with Gasteiger partial charge in [-0.15, -0.1) is 28.2 Å². The highest BCUT2D eigenvalue weighted by Crippen LogP contribution is 2.42. The van der Waals surface area contributed by atoms with E-state index in [0.29, 0.717) is 46.2 Å². The fourth-order valence-electron chi connectivity index (χ4n) is 6.34. The van der Waals surface area contributed by atoms with Crippen LogP contribution in [0.15, 0.2) is 21.8 Å². The van der Waals surface area contributed by atoms with E-state index in [0.717, 1.165) is 19.4 Å². The Hall–Kier alpha value is -3.42. The molecule has 3 unspecified atom stereocenters. The van der Waals surface area contributed by atoms with Crippen LogP contribution in [-0.2, 0) is 41.6 Å². The molecule has 4 heterocycles. The summed E-state index contributed by atoms with van der Waals surface area (Å²) in [6, 6.07) is -0.852. The Morgan fingerprint density at radius 1 is 1.24 bits per heavy atom. The largest absolute Gasteiger partial charge is 0.511 e. The number of anilines is 1. The monoisotopic (exact) mass is 737 g/mol. The Morgan fingerprint density at radius 2 is 2.02 bits per heavy atom. The molecular formula is C30H43N9O7S3. The van der Waals surface area contributed by atoms with Crippen molar-refractivity contribution in [2.75, 3.05) is 37.9 Å². The summed E-state index contributed by atoms with van der Waals surface area (Å²) < 4.78 is 18.2. The van der Waals surface area contributed by atoms with Gasteiger partial charge in [0.15, 0.2) is 5.13 Å². The zero-order valence-electron chi connectivity index (χ0n) is 28.4. The molecule has 2 aromatic heterocycles. The van der Waals surface area contributed by atoms with Gasteiger partial charge < -0.3 is 30.2 Å². The zero-order chi connectivity index (χ0) is 35.5. The van der Waals surface area contributed by atoms with E-state index in [4.69, 9.17) is 19.9 Å². The molecule has 2 fully saturated rings. The van der Waals surface area contributed by atoms with Crippen molar-refractivity contribution in [2.24, 2.45) is 11.3 Å². The van der Waals surface area contributed by atoms with E-state index in [1.165, 1.54) is 46.7 Å². The van der Waals surface area contributed by atoms with Crippen molar-refractivity contribution in [1.29, 1.82) is 0 Å². The average molecular weight is 738 g/mol. The van der Waals surface area contributed by atoms with E-state index in [2.05, 4.69) is 46.6 Å². The predicted molar refractivity (Wildman–Crippen MR) is 183 cm³/mol. The van der Waals surface area contributed by atoms with Crippen molar-refractivity contribution in [2.45, 2.75) is 88.9 Å². The maximum absolute atomic E-state index is 13.8. The minimum absolute atomic E-state index is 0.0304. The van der Waals surface area contributed by atoms with E-state index in [-0.39, 0.29) is 35.3 Å². The molecule has 3 aliphatic rings. The molecule has 19 heteroatoms. The number of fused-ring (bicyclic) bond motifs is 1. The first-order valence-corrected chi connectivity index (χ1v) is 18.9. The standard InChI is InChI=1S/C30H43N9O7S3/c1-16-9-20(12-30(3,4)11-16)46-29(43)45-17(2)44-26(42)23-18(14-49-28-34-35-36-38(28)8-7-37(5)6)13-47-25-22(24(41)39(23)25)33-21(40)10-19-15-48-27(31)32-19/h15-17,20,22,25H,7-14H2,1-6H3,(H2,31,32)(H,33,40)/t16?,17?,20?,22-,25+/m1/s1. The fourth-order valence-corrected chi connectivity index (χ4v) is 9.29. The Balaban J connectivity index is 1.27. The van der Waals surface area contributed by atoms with E-state index in [1.54, 1.807) is 10.1 Å². The number of nitrogens with one attached hydrogen (secondary N) is 1. The normalized spacial score (nSPS) is 23.8. The van der Waals surface area contributed by atoms with Gasteiger partial charge in [0.25, 0.3) is 5.91 Å². The number of carbonyl (C=O) groups excluding carboxylic acids is 4. The second kappa shape index (κ2) is 15.6.